The molecule has 1 aliphatic carbocycles. The van der Waals surface area contributed by atoms with Gasteiger partial charge in [0.25, 0.3) is 0 Å². The van der Waals surface area contributed by atoms with Gasteiger partial charge in [-0.1, -0.05) is 25.1 Å². The first-order chi connectivity index (χ1) is 14.9. The average molecular weight is 423 g/mol. The van der Waals surface area contributed by atoms with Crippen molar-refractivity contribution >= 4 is 29.4 Å². The molecule has 0 aliphatic heterocycles. The first-order valence-corrected chi connectivity index (χ1v) is 10.7. The van der Waals surface area contributed by atoms with Crippen LogP contribution < -0.4 is 11.5 Å². The third-order valence-corrected chi connectivity index (χ3v) is 5.58. The molecule has 0 atom stereocenters. The van der Waals surface area contributed by atoms with Gasteiger partial charge >= 0.3 is 11.9 Å². The number of rotatable bonds is 7. The van der Waals surface area contributed by atoms with Crippen LogP contribution in [0.15, 0.2) is 48.5 Å². The molecule has 0 heterocycles. The van der Waals surface area contributed by atoms with Crippen LogP contribution in [-0.4, -0.2) is 24.6 Å². The fourth-order valence-electron chi connectivity index (χ4n) is 3.61. The van der Waals surface area contributed by atoms with Gasteiger partial charge in [-0.2, -0.15) is 0 Å². The summed E-state index contributed by atoms with van der Waals surface area (Å²) in [5.74, 6) is -0.0241. The average Bonchev–Trinajstić information content (AvgIpc) is 2.76. The van der Waals surface area contributed by atoms with Crippen molar-refractivity contribution in [3.05, 3.63) is 65.2 Å². The van der Waals surface area contributed by atoms with Gasteiger partial charge in [0.2, 0.25) is 0 Å². The maximum Gasteiger partial charge on any atom is 0.338 e. The number of esters is 2. The molecule has 3 rings (SSSR count). The summed E-state index contributed by atoms with van der Waals surface area (Å²) in [5, 5.41) is 0. The Balaban J connectivity index is 1.44. The number of ether oxygens (including phenoxy) is 2. The lowest BCUT2D eigenvalue weighted by atomic mass is 9.89. The number of carbonyl (C=O) groups is 2. The Labute approximate surface area is 183 Å². The van der Waals surface area contributed by atoms with Gasteiger partial charge in [-0.15, -0.1) is 0 Å². The highest BCUT2D eigenvalue weighted by atomic mass is 16.5. The lowest BCUT2D eigenvalue weighted by molar-refractivity contribution is -0.137. The van der Waals surface area contributed by atoms with Crippen molar-refractivity contribution in [3.63, 3.8) is 0 Å². The third-order valence-electron chi connectivity index (χ3n) is 5.58. The van der Waals surface area contributed by atoms with E-state index in [1.54, 1.807) is 42.5 Å². The number of hydrogen-bond donors (Lipinski definition) is 2. The zero-order valence-corrected chi connectivity index (χ0v) is 17.9. The summed E-state index contributed by atoms with van der Waals surface area (Å²) in [6.45, 7) is 2.46. The number of hydrogen-bond acceptors (Lipinski definition) is 6. The zero-order chi connectivity index (χ0) is 22.2. The van der Waals surface area contributed by atoms with E-state index in [4.69, 9.17) is 20.9 Å². The third kappa shape index (κ3) is 6.88. The molecule has 0 unspecified atom stereocenters. The molecule has 1 aliphatic rings. The van der Waals surface area contributed by atoms with Gasteiger partial charge in [-0.25, -0.2) is 9.59 Å². The van der Waals surface area contributed by atoms with Gasteiger partial charge in [0.1, 0.15) is 6.10 Å². The van der Waals surface area contributed by atoms with Gasteiger partial charge in [-0.3, -0.25) is 0 Å². The molecular formula is C25H30N2O4. The number of carbonyl (C=O) groups excluding carboxylic acids is 2. The van der Waals surface area contributed by atoms with Gasteiger partial charge in [-0.05, 0) is 73.1 Å². The van der Waals surface area contributed by atoms with Crippen molar-refractivity contribution < 1.29 is 19.1 Å². The predicted octanol–water partition coefficient (Wildman–Crippen LogP) is 4.39. The highest BCUT2D eigenvalue weighted by Crippen LogP contribution is 2.26. The minimum atomic E-state index is -0.441. The van der Waals surface area contributed by atoms with Crippen molar-refractivity contribution in [2.45, 2.75) is 45.1 Å². The second kappa shape index (κ2) is 10.7. The number of benzene rings is 2. The van der Waals surface area contributed by atoms with E-state index in [0.717, 1.165) is 36.8 Å². The maximum atomic E-state index is 12.3. The number of nitrogens with two attached hydrogens (primary N) is 2. The Morgan fingerprint density at radius 1 is 1.03 bits per heavy atom. The fourth-order valence-corrected chi connectivity index (χ4v) is 3.61. The molecule has 0 radical (unpaired) electrons. The molecule has 0 saturated heterocycles. The Kier molecular flexibility index (Phi) is 7.70. The van der Waals surface area contributed by atoms with Crippen LogP contribution in [0, 0.1) is 5.92 Å². The van der Waals surface area contributed by atoms with Crippen LogP contribution in [0.4, 0.5) is 11.4 Å². The molecule has 0 aromatic heterocycles. The normalized spacial score (nSPS) is 18.6. The van der Waals surface area contributed by atoms with E-state index in [9.17, 15) is 9.59 Å². The molecule has 0 bridgehead atoms. The Bertz CT molecular complexity index is 929. The van der Waals surface area contributed by atoms with E-state index < -0.39 is 5.97 Å². The zero-order valence-electron chi connectivity index (χ0n) is 17.9. The van der Waals surface area contributed by atoms with Crippen LogP contribution in [0.2, 0.25) is 0 Å². The van der Waals surface area contributed by atoms with E-state index >= 15 is 0 Å². The van der Waals surface area contributed by atoms with Gasteiger partial charge < -0.3 is 20.9 Å². The van der Waals surface area contributed by atoms with Crippen molar-refractivity contribution in [2.24, 2.45) is 5.92 Å². The smallest absolute Gasteiger partial charge is 0.338 e. The molecule has 1 saturated carbocycles. The van der Waals surface area contributed by atoms with Gasteiger partial charge in [0, 0.05) is 23.9 Å². The molecule has 31 heavy (non-hydrogen) atoms. The summed E-state index contributed by atoms with van der Waals surface area (Å²) in [5.41, 5.74) is 14.9. The van der Waals surface area contributed by atoms with E-state index in [1.807, 2.05) is 6.07 Å². The second-order valence-corrected chi connectivity index (χ2v) is 8.12. The van der Waals surface area contributed by atoms with E-state index in [-0.39, 0.29) is 18.7 Å². The minimum absolute atomic E-state index is 0.0154. The van der Waals surface area contributed by atoms with Crippen LogP contribution in [-0.2, 0) is 20.7 Å². The molecule has 1 fully saturated rings. The standard InChI is InChI=1S/C25H30N2O4/c1-17-2-11-22(12-3-17)31-25(29)20-7-4-18(5-8-20)6-13-24(28)30-15-14-19-9-10-21(26)16-23(19)27/h4-10,13,16-17,22H,2-3,11-12,14-15,26-27H2,1H3. The lowest BCUT2D eigenvalue weighted by Gasteiger charge is -2.25. The van der Waals surface area contributed by atoms with Crippen LogP contribution in [0.25, 0.3) is 6.08 Å². The molecule has 4 N–H and O–H groups in total. The fraction of sp³-hybridized carbons (Fsp3) is 0.360. The maximum absolute atomic E-state index is 12.3. The summed E-state index contributed by atoms with van der Waals surface area (Å²) < 4.78 is 10.8. The quantitative estimate of drug-likeness (QED) is 0.390. The summed E-state index contributed by atoms with van der Waals surface area (Å²) in [4.78, 5) is 24.3. The van der Waals surface area contributed by atoms with Gasteiger partial charge in [0.05, 0.1) is 12.2 Å². The Hall–Kier alpha value is -3.28. The second-order valence-electron chi connectivity index (χ2n) is 8.12. The monoisotopic (exact) mass is 422 g/mol. The van der Waals surface area contributed by atoms with E-state index in [0.29, 0.717) is 29.3 Å². The molecular weight excluding hydrogens is 392 g/mol. The highest BCUT2D eigenvalue weighted by Gasteiger charge is 2.22. The first kappa shape index (κ1) is 22.4. The molecule has 2 aromatic carbocycles. The minimum Gasteiger partial charge on any atom is -0.462 e. The molecule has 6 nitrogen and oxygen atoms in total. The first-order valence-electron chi connectivity index (χ1n) is 10.7. The largest absolute Gasteiger partial charge is 0.462 e. The molecule has 6 heteroatoms. The summed E-state index contributed by atoms with van der Waals surface area (Å²) in [6, 6.07) is 12.3. The van der Waals surface area contributed by atoms with Crippen molar-refractivity contribution in [2.75, 3.05) is 18.1 Å². The number of anilines is 2. The van der Waals surface area contributed by atoms with Crippen LogP contribution in [0.5, 0.6) is 0 Å². The summed E-state index contributed by atoms with van der Waals surface area (Å²) >= 11 is 0. The van der Waals surface area contributed by atoms with Crippen LogP contribution in [0.3, 0.4) is 0 Å². The van der Waals surface area contributed by atoms with E-state index in [2.05, 4.69) is 6.92 Å². The molecule has 2 aromatic rings. The lowest BCUT2D eigenvalue weighted by Crippen LogP contribution is -2.23. The van der Waals surface area contributed by atoms with Gasteiger partial charge in [0.15, 0.2) is 0 Å². The predicted molar refractivity (Wildman–Crippen MR) is 122 cm³/mol. The molecule has 0 amide bonds. The molecule has 0 spiro atoms. The Morgan fingerprint density at radius 2 is 1.74 bits per heavy atom. The van der Waals surface area contributed by atoms with E-state index in [1.165, 1.54) is 6.08 Å². The Morgan fingerprint density at radius 3 is 2.42 bits per heavy atom. The topological polar surface area (TPSA) is 105 Å². The number of nitrogen functional groups attached to an aromatic ring is 2. The van der Waals surface area contributed by atoms with Crippen molar-refractivity contribution in [1.82, 2.24) is 0 Å². The van der Waals surface area contributed by atoms with Crippen molar-refractivity contribution in [3.8, 4) is 0 Å². The van der Waals surface area contributed by atoms with Crippen LogP contribution >= 0.6 is 0 Å². The summed E-state index contributed by atoms with van der Waals surface area (Å²) in [6.07, 6.45) is 7.61. The highest BCUT2D eigenvalue weighted by molar-refractivity contribution is 5.90. The summed E-state index contributed by atoms with van der Waals surface area (Å²) in [7, 11) is 0. The molecule has 164 valence electrons. The van der Waals surface area contributed by atoms with Crippen LogP contribution in [0.1, 0.15) is 54.1 Å². The SMILES string of the molecule is CC1CCC(OC(=O)c2ccc(C=CC(=O)OCCc3ccc(N)cc3N)cc2)CC1. The van der Waals surface area contributed by atoms with Crippen molar-refractivity contribution in [1.29, 1.82) is 0 Å².